The predicted molar refractivity (Wildman–Crippen MR) is 97.4 cm³/mol. The molecular weight excluding hydrogens is 316 g/mol. The molecule has 2 aromatic carbocycles. The lowest BCUT2D eigenvalue weighted by Crippen LogP contribution is -2.30. The Bertz CT molecular complexity index is 914. The molecule has 0 saturated heterocycles. The summed E-state index contributed by atoms with van der Waals surface area (Å²) in [4.78, 5) is 27.5. The summed E-state index contributed by atoms with van der Waals surface area (Å²) < 4.78 is 5.27. The number of esters is 1. The van der Waals surface area contributed by atoms with Gasteiger partial charge in [-0.15, -0.1) is 0 Å². The molecule has 0 aliphatic rings. The van der Waals surface area contributed by atoms with Crippen molar-refractivity contribution in [1.29, 1.82) is 0 Å². The number of amides is 1. The second-order valence-electron chi connectivity index (χ2n) is 6.03. The number of fused-ring (bicyclic) bond motifs is 1. The lowest BCUT2D eigenvalue weighted by molar-refractivity contribution is -0.152. The van der Waals surface area contributed by atoms with E-state index in [2.05, 4.69) is 10.3 Å². The second kappa shape index (κ2) is 7.21. The van der Waals surface area contributed by atoms with Crippen LogP contribution < -0.4 is 5.32 Å². The molecule has 1 heterocycles. The maximum Gasteiger partial charge on any atom is 0.311 e. The highest BCUT2D eigenvalue weighted by atomic mass is 16.5. The van der Waals surface area contributed by atoms with Crippen LogP contribution in [0.15, 0.2) is 54.7 Å². The zero-order valence-electron chi connectivity index (χ0n) is 14.2. The minimum Gasteiger partial charge on any atom is -0.452 e. The summed E-state index contributed by atoms with van der Waals surface area (Å²) in [6.45, 7) is 3.51. The van der Waals surface area contributed by atoms with Crippen molar-refractivity contribution in [3.05, 3.63) is 65.9 Å². The van der Waals surface area contributed by atoms with Crippen LogP contribution in [0, 0.1) is 6.92 Å². The number of aryl methyl sites for hydroxylation is 1. The Labute approximate surface area is 146 Å². The molecule has 1 amide bonds. The van der Waals surface area contributed by atoms with Crippen LogP contribution in [0.4, 0.5) is 5.69 Å². The summed E-state index contributed by atoms with van der Waals surface area (Å²) in [7, 11) is 0. The van der Waals surface area contributed by atoms with Gasteiger partial charge >= 0.3 is 5.97 Å². The lowest BCUT2D eigenvalue weighted by Gasteiger charge is -2.13. The van der Waals surface area contributed by atoms with Crippen LogP contribution in [0.3, 0.4) is 0 Å². The summed E-state index contributed by atoms with van der Waals surface area (Å²) in [5.41, 5.74) is 3.55. The Morgan fingerprint density at radius 1 is 1.16 bits per heavy atom. The summed E-state index contributed by atoms with van der Waals surface area (Å²) >= 11 is 0. The maximum atomic E-state index is 12.2. The molecule has 1 atom stereocenters. The molecule has 5 nitrogen and oxygen atoms in total. The molecule has 0 bridgehead atoms. The number of ether oxygens (including phenoxy) is 1. The topological polar surface area (TPSA) is 71.2 Å². The number of H-pyrrole nitrogens is 1. The molecule has 25 heavy (non-hydrogen) atoms. The molecule has 1 aromatic heterocycles. The summed E-state index contributed by atoms with van der Waals surface area (Å²) in [5.74, 6) is -0.783. The van der Waals surface area contributed by atoms with Gasteiger partial charge in [0.1, 0.15) is 0 Å². The number of hydrogen-bond acceptors (Lipinski definition) is 3. The van der Waals surface area contributed by atoms with Crippen molar-refractivity contribution in [3.8, 4) is 0 Å². The van der Waals surface area contributed by atoms with Crippen molar-refractivity contribution in [2.75, 3.05) is 5.32 Å². The van der Waals surface area contributed by atoms with Crippen molar-refractivity contribution < 1.29 is 14.3 Å². The van der Waals surface area contributed by atoms with E-state index in [-0.39, 0.29) is 12.3 Å². The average molecular weight is 336 g/mol. The third-order valence-electron chi connectivity index (χ3n) is 3.97. The molecule has 128 valence electrons. The molecule has 0 aliphatic carbocycles. The quantitative estimate of drug-likeness (QED) is 0.700. The Morgan fingerprint density at radius 3 is 2.76 bits per heavy atom. The molecule has 0 radical (unpaired) electrons. The minimum atomic E-state index is -0.863. The van der Waals surface area contributed by atoms with Gasteiger partial charge in [-0.1, -0.05) is 30.3 Å². The fourth-order valence-electron chi connectivity index (χ4n) is 2.69. The number of benzene rings is 2. The highest BCUT2D eigenvalue weighted by Gasteiger charge is 2.19. The first kappa shape index (κ1) is 16.8. The van der Waals surface area contributed by atoms with Gasteiger partial charge in [0.05, 0.1) is 6.42 Å². The Balaban J connectivity index is 1.59. The normalized spacial score (nSPS) is 11.9. The number of nitrogens with one attached hydrogen (secondary N) is 2. The number of aromatic nitrogens is 1. The zero-order valence-corrected chi connectivity index (χ0v) is 14.2. The molecule has 3 aromatic rings. The molecule has 0 saturated carbocycles. The van der Waals surface area contributed by atoms with Gasteiger partial charge in [-0.05, 0) is 43.2 Å². The average Bonchev–Trinajstić information content (AvgIpc) is 2.98. The van der Waals surface area contributed by atoms with Gasteiger partial charge in [0, 0.05) is 22.8 Å². The number of aromatic amines is 1. The van der Waals surface area contributed by atoms with E-state index < -0.39 is 12.1 Å². The van der Waals surface area contributed by atoms with Crippen molar-refractivity contribution in [2.24, 2.45) is 0 Å². The minimum absolute atomic E-state index is 0.117. The number of para-hydroxylation sites is 1. The van der Waals surface area contributed by atoms with Gasteiger partial charge in [0.25, 0.3) is 5.91 Å². The van der Waals surface area contributed by atoms with E-state index in [0.717, 1.165) is 22.0 Å². The molecule has 2 N–H and O–H groups in total. The standard InChI is InChI=1S/C20H20N2O3/c1-13-6-5-7-16(10-13)22-20(24)14(2)25-19(23)11-15-12-21-18-9-4-3-8-17(15)18/h3-10,12,14,21H,11H2,1-2H3,(H,22,24)/t14-/m1/s1. The van der Waals surface area contributed by atoms with E-state index in [1.807, 2.05) is 49.4 Å². The van der Waals surface area contributed by atoms with Gasteiger partial charge in [-0.3, -0.25) is 9.59 Å². The molecule has 0 spiro atoms. The van der Waals surface area contributed by atoms with Gasteiger partial charge in [-0.2, -0.15) is 0 Å². The van der Waals surface area contributed by atoms with Gasteiger partial charge < -0.3 is 15.0 Å². The number of carbonyl (C=O) groups excluding carboxylic acids is 2. The molecule has 0 unspecified atom stereocenters. The molecule has 0 aliphatic heterocycles. The molecule has 0 fully saturated rings. The van der Waals surface area contributed by atoms with Crippen molar-refractivity contribution in [2.45, 2.75) is 26.4 Å². The molecular formula is C20H20N2O3. The van der Waals surface area contributed by atoms with Crippen LogP contribution in [0.2, 0.25) is 0 Å². The van der Waals surface area contributed by atoms with Crippen LogP contribution in [-0.4, -0.2) is 23.0 Å². The third kappa shape index (κ3) is 4.07. The first-order chi connectivity index (χ1) is 12.0. The van der Waals surface area contributed by atoms with Crippen molar-refractivity contribution >= 4 is 28.5 Å². The first-order valence-electron chi connectivity index (χ1n) is 8.15. The highest BCUT2D eigenvalue weighted by Crippen LogP contribution is 2.18. The number of anilines is 1. The van der Waals surface area contributed by atoms with Gasteiger partial charge in [0.2, 0.25) is 0 Å². The smallest absolute Gasteiger partial charge is 0.311 e. The Hall–Kier alpha value is -3.08. The fourth-order valence-corrected chi connectivity index (χ4v) is 2.69. The predicted octanol–water partition coefficient (Wildman–Crippen LogP) is 3.59. The Morgan fingerprint density at radius 2 is 1.96 bits per heavy atom. The molecule has 3 rings (SSSR count). The second-order valence-corrected chi connectivity index (χ2v) is 6.03. The van der Waals surface area contributed by atoms with E-state index in [9.17, 15) is 9.59 Å². The van der Waals surface area contributed by atoms with E-state index >= 15 is 0 Å². The summed E-state index contributed by atoms with van der Waals surface area (Å²) in [6, 6.07) is 15.2. The van der Waals surface area contributed by atoms with Gasteiger partial charge in [-0.25, -0.2) is 0 Å². The Kier molecular flexibility index (Phi) is 4.84. The van der Waals surface area contributed by atoms with E-state index in [1.54, 1.807) is 19.2 Å². The van der Waals surface area contributed by atoms with E-state index in [4.69, 9.17) is 4.74 Å². The molecule has 5 heteroatoms. The van der Waals surface area contributed by atoms with Crippen LogP contribution in [0.5, 0.6) is 0 Å². The monoisotopic (exact) mass is 336 g/mol. The maximum absolute atomic E-state index is 12.2. The fraction of sp³-hybridized carbons (Fsp3) is 0.200. The largest absolute Gasteiger partial charge is 0.452 e. The SMILES string of the molecule is Cc1cccc(NC(=O)[C@@H](C)OC(=O)Cc2c[nH]c3ccccc23)c1. The van der Waals surface area contributed by atoms with E-state index in [1.165, 1.54) is 0 Å². The third-order valence-corrected chi connectivity index (χ3v) is 3.97. The number of hydrogen-bond donors (Lipinski definition) is 2. The zero-order chi connectivity index (χ0) is 17.8. The van der Waals surface area contributed by atoms with Gasteiger partial charge in [0.15, 0.2) is 6.10 Å². The first-order valence-corrected chi connectivity index (χ1v) is 8.15. The van der Waals surface area contributed by atoms with Crippen molar-refractivity contribution in [1.82, 2.24) is 4.98 Å². The van der Waals surface area contributed by atoms with Crippen LogP contribution in [0.1, 0.15) is 18.1 Å². The number of carbonyl (C=O) groups is 2. The summed E-state index contributed by atoms with van der Waals surface area (Å²) in [6.07, 6.45) is 1.05. The number of rotatable bonds is 5. The van der Waals surface area contributed by atoms with Crippen LogP contribution in [0.25, 0.3) is 10.9 Å². The highest BCUT2D eigenvalue weighted by molar-refractivity contribution is 5.95. The summed E-state index contributed by atoms with van der Waals surface area (Å²) in [5, 5.41) is 3.74. The lowest BCUT2D eigenvalue weighted by atomic mass is 10.1. The van der Waals surface area contributed by atoms with E-state index in [0.29, 0.717) is 5.69 Å². The van der Waals surface area contributed by atoms with Crippen LogP contribution >= 0.6 is 0 Å². The van der Waals surface area contributed by atoms with Crippen LogP contribution in [-0.2, 0) is 20.7 Å². The van der Waals surface area contributed by atoms with Crippen molar-refractivity contribution in [3.63, 3.8) is 0 Å².